The first-order valence-electron chi connectivity index (χ1n) is 2.58. The molecule has 4 heteroatoms. The number of aliphatic carboxylic acids is 1. The largest absolute Gasteiger partial charge is 0.478 e. The zero-order chi connectivity index (χ0) is 7.56. The van der Waals surface area contributed by atoms with Gasteiger partial charge in [-0.2, -0.15) is 0 Å². The van der Waals surface area contributed by atoms with E-state index < -0.39 is 5.97 Å². The van der Waals surface area contributed by atoms with Gasteiger partial charge in [0.2, 0.25) is 0 Å². The molecule has 0 unspecified atom stereocenters. The summed E-state index contributed by atoms with van der Waals surface area (Å²) in [5, 5.41) is 8.52. The topological polar surface area (TPSA) is 63.3 Å². The maximum absolute atomic E-state index is 10.4. The second-order valence-electron chi connectivity index (χ2n) is 1.66. The van der Waals surface area contributed by atoms with Crippen LogP contribution >= 0.6 is 20.7 Å². The number of halogens is 1. The van der Waals surface area contributed by atoms with Gasteiger partial charge < -0.3 is 10.8 Å². The highest BCUT2D eigenvalue weighted by atomic mass is 127. The van der Waals surface area contributed by atoms with Gasteiger partial charge in [-0.1, -0.05) is 26.8 Å². The second kappa shape index (κ2) is 2.96. The van der Waals surface area contributed by atoms with Gasteiger partial charge in [-0.25, -0.2) is 4.79 Å². The van der Waals surface area contributed by atoms with Crippen LogP contribution in [0.4, 0.5) is 0 Å². The molecule has 0 spiro atoms. The van der Waals surface area contributed by atoms with Crippen molar-refractivity contribution in [2.75, 3.05) is 0 Å². The summed E-state index contributed by atoms with van der Waals surface area (Å²) in [6.07, 6.45) is 3.27. The Morgan fingerprint density at radius 3 is 2.80 bits per heavy atom. The maximum atomic E-state index is 10.4. The number of carbonyl (C=O) groups is 1. The van der Waals surface area contributed by atoms with Gasteiger partial charge >= 0.3 is 5.97 Å². The van der Waals surface area contributed by atoms with Crippen molar-refractivity contribution in [2.24, 2.45) is 5.73 Å². The number of hydrogen-bond donors (Lipinski definition) is 2. The van der Waals surface area contributed by atoms with Gasteiger partial charge in [0.15, 0.2) is 0 Å². The molecular formula is C6H6INO2. The molecular weight excluding hydrogens is 245 g/mol. The van der Waals surface area contributed by atoms with Crippen LogP contribution in [-0.2, 0) is 4.79 Å². The van der Waals surface area contributed by atoms with Crippen LogP contribution in [0, 0.1) is 0 Å². The van der Waals surface area contributed by atoms with Crippen molar-refractivity contribution in [3.63, 3.8) is 0 Å². The second-order valence-corrected chi connectivity index (χ2v) is 4.17. The summed E-state index contributed by atoms with van der Waals surface area (Å²) in [7, 11) is 0. The monoisotopic (exact) mass is 251 g/mol. The van der Waals surface area contributed by atoms with Crippen LogP contribution in [-0.4, -0.2) is 15.1 Å². The minimum Gasteiger partial charge on any atom is -0.478 e. The minimum atomic E-state index is -0.929. The first-order valence-corrected chi connectivity index (χ1v) is 4.90. The molecule has 3 nitrogen and oxygen atoms in total. The smallest absolute Gasteiger partial charge is 0.338 e. The van der Waals surface area contributed by atoms with Gasteiger partial charge in [0.1, 0.15) is 0 Å². The fourth-order valence-corrected chi connectivity index (χ4v) is 2.10. The summed E-state index contributed by atoms with van der Waals surface area (Å²) in [6, 6.07) is 0. The number of allylic oxidation sites excluding steroid dienone is 1. The molecule has 3 N–H and O–H groups in total. The van der Waals surface area contributed by atoms with Gasteiger partial charge in [-0.3, -0.25) is 0 Å². The zero-order valence-corrected chi connectivity index (χ0v) is 7.20. The third kappa shape index (κ3) is 1.44. The Bertz CT molecular complexity index is 252. The Morgan fingerprint density at radius 2 is 2.40 bits per heavy atom. The van der Waals surface area contributed by atoms with Crippen LogP contribution in [0.5, 0.6) is 0 Å². The Balaban J connectivity index is 3.04. The molecule has 54 valence electrons. The van der Waals surface area contributed by atoms with Gasteiger partial charge in [0, 0.05) is 0 Å². The van der Waals surface area contributed by atoms with E-state index in [1.165, 1.54) is 6.08 Å². The van der Waals surface area contributed by atoms with E-state index in [9.17, 15) is 4.79 Å². The lowest BCUT2D eigenvalue weighted by atomic mass is 10.3. The highest BCUT2D eigenvalue weighted by Gasteiger charge is 2.08. The SMILES string of the molecule is NC1=C(C(=O)O)C=CC=I1. The van der Waals surface area contributed by atoms with Crippen molar-refractivity contribution in [1.29, 1.82) is 0 Å². The third-order valence-electron chi connectivity index (χ3n) is 1.00. The van der Waals surface area contributed by atoms with Crippen LogP contribution < -0.4 is 5.73 Å². The van der Waals surface area contributed by atoms with Crippen molar-refractivity contribution in [3.05, 3.63) is 21.4 Å². The number of hydrogen-bond acceptors (Lipinski definition) is 2. The average molecular weight is 251 g/mol. The molecule has 1 aliphatic heterocycles. The number of nitrogens with two attached hydrogens (primary N) is 1. The van der Waals surface area contributed by atoms with Crippen molar-refractivity contribution in [2.45, 2.75) is 0 Å². The molecule has 0 radical (unpaired) electrons. The summed E-state index contributed by atoms with van der Waals surface area (Å²) in [4.78, 5) is 10.4. The van der Waals surface area contributed by atoms with Crippen LogP contribution in [0.2, 0.25) is 0 Å². The number of carboxylic acid groups (broad SMARTS) is 1. The van der Waals surface area contributed by atoms with Gasteiger partial charge in [0.05, 0.1) is 9.28 Å². The minimum absolute atomic E-state index is 0.260. The molecule has 0 aromatic heterocycles. The average Bonchev–Trinajstić information content (AvgIpc) is 1.88. The fraction of sp³-hybridized carbons (Fsp3) is 0. The zero-order valence-electron chi connectivity index (χ0n) is 5.04. The lowest BCUT2D eigenvalue weighted by molar-refractivity contribution is -0.132. The van der Waals surface area contributed by atoms with Gasteiger partial charge in [-0.05, 0) is 10.1 Å². The maximum Gasteiger partial charge on any atom is 0.338 e. The van der Waals surface area contributed by atoms with E-state index in [2.05, 4.69) is 0 Å². The number of rotatable bonds is 1. The Labute approximate surface area is 68.0 Å². The molecule has 0 amide bonds. The van der Waals surface area contributed by atoms with E-state index in [4.69, 9.17) is 10.8 Å². The van der Waals surface area contributed by atoms with Crippen LogP contribution in [0.3, 0.4) is 0 Å². The predicted molar refractivity (Wildman–Crippen MR) is 48.1 cm³/mol. The molecule has 0 fully saturated rings. The molecule has 0 aromatic carbocycles. The summed E-state index contributed by atoms with van der Waals surface area (Å²) >= 11 is -0.357. The predicted octanol–water partition coefficient (Wildman–Crippen LogP) is 0.584. The molecule has 0 bridgehead atoms. The summed E-state index contributed by atoms with van der Waals surface area (Å²) in [5.74, 6) is -0.929. The Hall–Kier alpha value is -0.650. The van der Waals surface area contributed by atoms with E-state index in [1.54, 1.807) is 6.08 Å². The molecule has 0 saturated carbocycles. The summed E-state index contributed by atoms with van der Waals surface area (Å²) in [6.45, 7) is 0. The molecule has 0 aromatic rings. The third-order valence-corrected chi connectivity index (χ3v) is 3.03. The fourth-order valence-electron chi connectivity index (χ4n) is 0.549. The van der Waals surface area contributed by atoms with E-state index >= 15 is 0 Å². The first kappa shape index (κ1) is 7.46. The highest BCUT2D eigenvalue weighted by Crippen LogP contribution is 2.17. The van der Waals surface area contributed by atoms with Gasteiger partial charge in [0.25, 0.3) is 0 Å². The van der Waals surface area contributed by atoms with Crippen molar-refractivity contribution >= 4 is 30.7 Å². The van der Waals surface area contributed by atoms with E-state index in [-0.39, 0.29) is 26.3 Å². The standard InChI is InChI=1S/C6H6INO2/c8-5-4(6(9)10)2-1-3-7-5/h1-3H,8H2,(H,9,10). The normalized spacial score (nSPS) is 16.8. The quantitative estimate of drug-likeness (QED) is 0.529. The first-order chi connectivity index (χ1) is 4.72. The molecule has 0 aliphatic carbocycles. The highest BCUT2D eigenvalue weighted by molar-refractivity contribution is 14.2. The van der Waals surface area contributed by atoms with Gasteiger partial charge in [-0.15, -0.1) is 0 Å². The van der Waals surface area contributed by atoms with Crippen molar-refractivity contribution < 1.29 is 9.90 Å². The lowest BCUT2D eigenvalue weighted by Crippen LogP contribution is -2.06. The molecule has 0 saturated heterocycles. The van der Waals surface area contributed by atoms with E-state index in [0.29, 0.717) is 3.70 Å². The van der Waals surface area contributed by atoms with Crippen LogP contribution in [0.15, 0.2) is 21.4 Å². The Morgan fingerprint density at radius 1 is 1.70 bits per heavy atom. The molecule has 1 aliphatic rings. The molecule has 0 atom stereocenters. The van der Waals surface area contributed by atoms with Crippen LogP contribution in [0.25, 0.3) is 0 Å². The Kier molecular flexibility index (Phi) is 2.21. The molecule has 1 heterocycles. The molecule has 1 rings (SSSR count). The lowest BCUT2D eigenvalue weighted by Gasteiger charge is -2.00. The van der Waals surface area contributed by atoms with E-state index in [1.807, 2.05) is 4.01 Å². The van der Waals surface area contributed by atoms with Crippen LogP contribution in [0.1, 0.15) is 0 Å². The van der Waals surface area contributed by atoms with Crippen molar-refractivity contribution in [3.8, 4) is 0 Å². The molecule has 10 heavy (non-hydrogen) atoms. The summed E-state index contributed by atoms with van der Waals surface area (Å²) in [5.41, 5.74) is 5.70. The van der Waals surface area contributed by atoms with Crippen molar-refractivity contribution in [1.82, 2.24) is 0 Å². The van der Waals surface area contributed by atoms with E-state index in [0.717, 1.165) is 0 Å². The summed E-state index contributed by atoms with van der Waals surface area (Å²) < 4.78 is 2.47. The number of carboxylic acids is 1.